The van der Waals surface area contributed by atoms with Crippen molar-refractivity contribution in [2.24, 2.45) is 5.92 Å². The van der Waals surface area contributed by atoms with Gasteiger partial charge in [-0.25, -0.2) is 0 Å². The molecule has 0 aromatic heterocycles. The van der Waals surface area contributed by atoms with Crippen LogP contribution in [0.2, 0.25) is 0 Å². The minimum Gasteiger partial charge on any atom is -0.481 e. The summed E-state index contributed by atoms with van der Waals surface area (Å²) >= 11 is 0. The molecule has 1 heterocycles. The molecule has 4 nitrogen and oxygen atoms in total. The zero-order chi connectivity index (χ0) is 10.6. The van der Waals surface area contributed by atoms with Crippen molar-refractivity contribution in [2.75, 3.05) is 13.7 Å². The average Bonchev–Trinajstić information content (AvgIpc) is 2.57. The van der Waals surface area contributed by atoms with Crippen LogP contribution in [0.15, 0.2) is 0 Å². The lowest BCUT2D eigenvalue weighted by molar-refractivity contribution is -0.143. The first kappa shape index (κ1) is 11.5. The van der Waals surface area contributed by atoms with Crippen molar-refractivity contribution >= 4 is 5.97 Å². The highest BCUT2D eigenvalue weighted by Crippen LogP contribution is 2.30. The van der Waals surface area contributed by atoms with Crippen LogP contribution in [0.3, 0.4) is 0 Å². The van der Waals surface area contributed by atoms with Crippen molar-refractivity contribution in [3.63, 3.8) is 0 Å². The Hall–Kier alpha value is -0.610. The topological polar surface area (TPSA) is 55.8 Å². The van der Waals surface area contributed by atoms with Crippen LogP contribution < -0.4 is 0 Å². The Bertz CT molecular complexity index is 193. The van der Waals surface area contributed by atoms with Gasteiger partial charge in [-0.05, 0) is 19.3 Å². The summed E-state index contributed by atoms with van der Waals surface area (Å²) in [5.74, 6) is -1.07. The second-order valence-corrected chi connectivity index (χ2v) is 3.67. The molecule has 4 heteroatoms. The number of methoxy groups -OCH3 is 1. The summed E-state index contributed by atoms with van der Waals surface area (Å²) in [6, 6.07) is 0. The van der Waals surface area contributed by atoms with E-state index in [2.05, 4.69) is 0 Å². The number of hydrogen-bond donors (Lipinski definition) is 1. The van der Waals surface area contributed by atoms with Gasteiger partial charge in [0, 0.05) is 13.7 Å². The molecule has 1 aliphatic rings. The summed E-state index contributed by atoms with van der Waals surface area (Å²) in [5.41, 5.74) is 0. The minimum absolute atomic E-state index is 0.0565. The normalized spacial score (nSPS) is 32.0. The van der Waals surface area contributed by atoms with E-state index in [1.807, 2.05) is 6.92 Å². The predicted octanol–water partition coefficient (Wildman–Crippen LogP) is 1.29. The molecule has 0 aromatic rings. The van der Waals surface area contributed by atoms with Crippen LogP contribution in [-0.2, 0) is 14.3 Å². The first-order chi connectivity index (χ1) is 6.69. The van der Waals surface area contributed by atoms with Crippen molar-refractivity contribution in [1.29, 1.82) is 0 Å². The quantitative estimate of drug-likeness (QED) is 0.730. The maximum Gasteiger partial charge on any atom is 0.309 e. The number of rotatable bonds is 5. The summed E-state index contributed by atoms with van der Waals surface area (Å²) in [6.45, 7) is 2.59. The maximum atomic E-state index is 10.9. The second kappa shape index (κ2) is 5.32. The lowest BCUT2D eigenvalue weighted by atomic mass is 9.97. The number of ether oxygens (including phenoxy) is 2. The van der Waals surface area contributed by atoms with Gasteiger partial charge in [0.15, 0.2) is 0 Å². The molecule has 82 valence electrons. The zero-order valence-electron chi connectivity index (χ0n) is 8.73. The first-order valence-corrected chi connectivity index (χ1v) is 5.06. The number of carbonyl (C=O) groups is 1. The molecular formula is C10H18O4. The molecule has 1 fully saturated rings. The Morgan fingerprint density at radius 1 is 1.64 bits per heavy atom. The Morgan fingerprint density at radius 3 is 2.79 bits per heavy atom. The van der Waals surface area contributed by atoms with Crippen LogP contribution in [0, 0.1) is 5.92 Å². The van der Waals surface area contributed by atoms with E-state index < -0.39 is 5.97 Å². The predicted molar refractivity (Wildman–Crippen MR) is 51.2 cm³/mol. The molecule has 0 amide bonds. The summed E-state index contributed by atoms with van der Waals surface area (Å²) in [6.07, 6.45) is 2.12. The van der Waals surface area contributed by atoms with E-state index in [-0.39, 0.29) is 18.1 Å². The van der Waals surface area contributed by atoms with E-state index in [1.54, 1.807) is 7.11 Å². The van der Waals surface area contributed by atoms with Gasteiger partial charge in [0.05, 0.1) is 18.1 Å². The molecule has 1 aliphatic heterocycles. The number of aliphatic carboxylic acids is 1. The third-order valence-corrected chi connectivity index (χ3v) is 2.70. The van der Waals surface area contributed by atoms with Gasteiger partial charge < -0.3 is 14.6 Å². The monoisotopic (exact) mass is 202 g/mol. The molecule has 3 atom stereocenters. The zero-order valence-corrected chi connectivity index (χ0v) is 8.73. The Kier molecular flexibility index (Phi) is 4.35. The molecular weight excluding hydrogens is 184 g/mol. The lowest BCUT2D eigenvalue weighted by Gasteiger charge is -2.12. The van der Waals surface area contributed by atoms with Crippen LogP contribution >= 0.6 is 0 Å². The molecule has 3 unspecified atom stereocenters. The summed E-state index contributed by atoms with van der Waals surface area (Å²) < 4.78 is 10.6. The third kappa shape index (κ3) is 2.69. The molecule has 0 bridgehead atoms. The molecule has 1 saturated heterocycles. The van der Waals surface area contributed by atoms with Crippen LogP contribution in [0.25, 0.3) is 0 Å². The van der Waals surface area contributed by atoms with Crippen molar-refractivity contribution < 1.29 is 19.4 Å². The highest BCUT2D eigenvalue weighted by atomic mass is 16.5. The summed E-state index contributed by atoms with van der Waals surface area (Å²) in [5, 5.41) is 8.95. The van der Waals surface area contributed by atoms with Gasteiger partial charge in [0.2, 0.25) is 0 Å². The van der Waals surface area contributed by atoms with Gasteiger partial charge in [-0.3, -0.25) is 4.79 Å². The van der Waals surface area contributed by atoms with Crippen LogP contribution in [-0.4, -0.2) is 37.0 Å². The summed E-state index contributed by atoms with van der Waals surface area (Å²) in [7, 11) is 1.64. The fraction of sp³-hybridized carbons (Fsp3) is 0.900. The van der Waals surface area contributed by atoms with Gasteiger partial charge in [-0.15, -0.1) is 0 Å². The van der Waals surface area contributed by atoms with E-state index in [1.165, 1.54) is 0 Å². The Balaban J connectivity index is 2.43. The van der Waals surface area contributed by atoms with Crippen molar-refractivity contribution in [1.82, 2.24) is 0 Å². The Labute approximate surface area is 84.2 Å². The molecule has 0 aromatic carbocycles. The van der Waals surface area contributed by atoms with E-state index >= 15 is 0 Å². The van der Waals surface area contributed by atoms with Gasteiger partial charge in [-0.2, -0.15) is 0 Å². The standard InChI is InChI=1S/C10H18O4/c1-3-9-8(10(11)12)6-7(14-9)4-5-13-2/h7-9H,3-6H2,1-2H3,(H,11,12). The van der Waals surface area contributed by atoms with Crippen molar-refractivity contribution in [3.8, 4) is 0 Å². The SMILES string of the molecule is CCC1OC(CCOC)CC1C(=O)O. The highest BCUT2D eigenvalue weighted by molar-refractivity contribution is 5.71. The minimum atomic E-state index is -0.739. The van der Waals surface area contributed by atoms with E-state index in [0.29, 0.717) is 13.0 Å². The van der Waals surface area contributed by atoms with E-state index in [4.69, 9.17) is 14.6 Å². The van der Waals surface area contributed by atoms with Gasteiger partial charge in [-0.1, -0.05) is 6.92 Å². The van der Waals surface area contributed by atoms with E-state index in [0.717, 1.165) is 12.8 Å². The second-order valence-electron chi connectivity index (χ2n) is 3.67. The molecule has 0 saturated carbocycles. The average molecular weight is 202 g/mol. The molecule has 1 N–H and O–H groups in total. The van der Waals surface area contributed by atoms with E-state index in [9.17, 15) is 4.79 Å². The highest BCUT2D eigenvalue weighted by Gasteiger charge is 2.38. The smallest absolute Gasteiger partial charge is 0.309 e. The lowest BCUT2D eigenvalue weighted by Crippen LogP contribution is -2.22. The fourth-order valence-electron chi connectivity index (χ4n) is 1.91. The molecule has 0 radical (unpaired) electrons. The summed E-state index contributed by atoms with van der Waals surface area (Å²) in [4.78, 5) is 10.9. The first-order valence-electron chi connectivity index (χ1n) is 5.06. The van der Waals surface area contributed by atoms with Gasteiger partial charge >= 0.3 is 5.97 Å². The Morgan fingerprint density at radius 2 is 2.36 bits per heavy atom. The van der Waals surface area contributed by atoms with Crippen LogP contribution in [0.4, 0.5) is 0 Å². The number of carboxylic acid groups (broad SMARTS) is 1. The van der Waals surface area contributed by atoms with Gasteiger partial charge in [0.25, 0.3) is 0 Å². The number of hydrogen-bond acceptors (Lipinski definition) is 3. The van der Waals surface area contributed by atoms with Gasteiger partial charge in [0.1, 0.15) is 0 Å². The number of carboxylic acids is 1. The molecule has 0 spiro atoms. The largest absolute Gasteiger partial charge is 0.481 e. The van der Waals surface area contributed by atoms with Crippen molar-refractivity contribution in [3.05, 3.63) is 0 Å². The molecule has 14 heavy (non-hydrogen) atoms. The van der Waals surface area contributed by atoms with Crippen molar-refractivity contribution in [2.45, 2.75) is 38.4 Å². The molecule has 1 rings (SSSR count). The fourth-order valence-corrected chi connectivity index (χ4v) is 1.91. The molecule has 0 aliphatic carbocycles. The third-order valence-electron chi connectivity index (χ3n) is 2.70. The van der Waals surface area contributed by atoms with Crippen LogP contribution in [0.1, 0.15) is 26.2 Å². The maximum absolute atomic E-state index is 10.9. The van der Waals surface area contributed by atoms with Crippen LogP contribution in [0.5, 0.6) is 0 Å².